The Hall–Kier alpha value is -4.62. The molecule has 4 aromatic rings. The molecule has 0 unspecified atom stereocenters. The van der Waals surface area contributed by atoms with Crippen LogP contribution in [0.25, 0.3) is 10.9 Å². The maximum Gasteiger partial charge on any atom is 0.336 e. The zero-order valence-corrected chi connectivity index (χ0v) is 25.7. The van der Waals surface area contributed by atoms with Crippen molar-refractivity contribution in [3.8, 4) is 0 Å². The van der Waals surface area contributed by atoms with Crippen molar-refractivity contribution in [3.05, 3.63) is 77.2 Å². The molecule has 2 aromatic carbocycles. The number of aliphatic carboxylic acids is 3. The molecule has 1 saturated carbocycles. The first-order valence-electron chi connectivity index (χ1n) is 14.8. The van der Waals surface area contributed by atoms with Crippen molar-refractivity contribution >= 4 is 28.8 Å². The summed E-state index contributed by atoms with van der Waals surface area (Å²) in [5, 5.41) is 47.1. The Morgan fingerprint density at radius 1 is 0.978 bits per heavy atom. The lowest BCUT2D eigenvalue weighted by Gasteiger charge is -2.45. The summed E-state index contributed by atoms with van der Waals surface area (Å²) in [5.74, 6) is -3.61. The summed E-state index contributed by atoms with van der Waals surface area (Å²) in [6.45, 7) is 2.76. The van der Waals surface area contributed by atoms with Gasteiger partial charge in [0.15, 0.2) is 5.60 Å². The molecule has 0 saturated heterocycles. The first-order chi connectivity index (χ1) is 21.4. The third-order valence-electron chi connectivity index (χ3n) is 8.80. The second kappa shape index (κ2) is 14.0. The van der Waals surface area contributed by atoms with Gasteiger partial charge in [-0.25, -0.2) is 9.48 Å². The Kier molecular flexibility index (Phi) is 10.3. The van der Waals surface area contributed by atoms with Gasteiger partial charge in [-0.1, -0.05) is 48.5 Å². The number of nitrogens with one attached hydrogen (secondary N) is 1. The predicted molar refractivity (Wildman–Crippen MR) is 165 cm³/mol. The fourth-order valence-corrected chi connectivity index (χ4v) is 6.35. The van der Waals surface area contributed by atoms with Gasteiger partial charge in [-0.05, 0) is 86.7 Å². The molecule has 1 aliphatic rings. The molecule has 13 nitrogen and oxygen atoms in total. The number of aryl methyl sites for hydroxylation is 3. The Labute approximate surface area is 260 Å². The molecule has 0 aliphatic heterocycles. The maximum atomic E-state index is 10.3. The molecule has 2 heterocycles. The highest BCUT2D eigenvalue weighted by Crippen LogP contribution is 2.47. The highest BCUT2D eigenvalue weighted by Gasteiger charge is 2.41. The molecule has 13 heteroatoms. The van der Waals surface area contributed by atoms with Gasteiger partial charge in [0.1, 0.15) is 5.82 Å². The summed E-state index contributed by atoms with van der Waals surface area (Å²) in [6.07, 6.45) is 3.32. The van der Waals surface area contributed by atoms with E-state index in [2.05, 4.69) is 94.1 Å². The van der Waals surface area contributed by atoms with Gasteiger partial charge in [0.05, 0.1) is 12.8 Å². The lowest BCUT2D eigenvalue weighted by Crippen LogP contribution is -2.44. The van der Waals surface area contributed by atoms with Gasteiger partial charge in [-0.15, -0.1) is 5.10 Å². The number of carboxylic acid groups (broad SMARTS) is 3. The number of carboxylic acids is 3. The lowest BCUT2D eigenvalue weighted by atomic mass is 9.70. The van der Waals surface area contributed by atoms with Gasteiger partial charge in [0.25, 0.3) is 0 Å². The minimum absolute atomic E-state index is 0.119. The number of H-pyrrole nitrogens is 1. The number of aromatic nitrogens is 5. The second-order valence-corrected chi connectivity index (χ2v) is 11.8. The van der Waals surface area contributed by atoms with Crippen LogP contribution < -0.4 is 0 Å². The summed E-state index contributed by atoms with van der Waals surface area (Å²) in [4.78, 5) is 36.7. The SMILES string of the molecule is Cc1nnnn1CCc1c(C2CCC(c3ccccc3)(N(C)C)CC2)[nH]c2ccccc12.O=C(O)CC(O)(CC(=O)O)C(=O)O. The van der Waals surface area contributed by atoms with Crippen LogP contribution in [0.5, 0.6) is 0 Å². The normalized spacial score (nSPS) is 18.4. The molecule has 45 heavy (non-hydrogen) atoms. The number of rotatable bonds is 11. The molecule has 1 aliphatic carbocycles. The number of para-hydroxylation sites is 1. The zero-order chi connectivity index (χ0) is 32.8. The van der Waals surface area contributed by atoms with E-state index in [4.69, 9.17) is 20.4 Å². The molecule has 0 bridgehead atoms. The molecule has 1 fully saturated rings. The van der Waals surface area contributed by atoms with E-state index >= 15 is 0 Å². The maximum absolute atomic E-state index is 10.3. The standard InChI is InChI=1S/C26H32N6.C6H8O7/c1-19-28-29-30-32(19)18-15-23-22-11-7-8-12-24(22)27-25(23)20-13-16-26(17-14-20,31(2)3)21-9-5-4-6-10-21;7-3(8)1-6(13,5(11)12)2-4(9)10/h4-12,20,27H,13-18H2,1-3H3;13H,1-2H2,(H,7,8)(H,9,10)(H,11,12). The molecular weight excluding hydrogens is 580 g/mol. The zero-order valence-electron chi connectivity index (χ0n) is 25.7. The quantitative estimate of drug-likeness (QED) is 0.164. The summed E-state index contributed by atoms with van der Waals surface area (Å²) in [6, 6.07) is 19.7. The van der Waals surface area contributed by atoms with Crippen LogP contribution in [-0.2, 0) is 32.9 Å². The molecule has 240 valence electrons. The Balaban J connectivity index is 0.000000302. The van der Waals surface area contributed by atoms with Crippen molar-refractivity contribution in [3.63, 3.8) is 0 Å². The highest BCUT2D eigenvalue weighted by atomic mass is 16.4. The second-order valence-electron chi connectivity index (χ2n) is 11.8. The number of nitrogens with zero attached hydrogens (tertiary/aromatic N) is 5. The fraction of sp³-hybridized carbons (Fsp3) is 0.438. The Bertz CT molecular complexity index is 1610. The highest BCUT2D eigenvalue weighted by molar-refractivity contribution is 5.88. The Morgan fingerprint density at radius 2 is 1.58 bits per heavy atom. The first-order valence-corrected chi connectivity index (χ1v) is 14.8. The molecule has 2 aromatic heterocycles. The van der Waals surface area contributed by atoms with Crippen LogP contribution >= 0.6 is 0 Å². The van der Waals surface area contributed by atoms with E-state index in [0.717, 1.165) is 31.6 Å². The van der Waals surface area contributed by atoms with E-state index in [1.807, 2.05) is 11.6 Å². The third kappa shape index (κ3) is 7.55. The van der Waals surface area contributed by atoms with Crippen molar-refractivity contribution in [2.75, 3.05) is 14.1 Å². The van der Waals surface area contributed by atoms with Crippen molar-refractivity contribution < 1.29 is 34.8 Å². The number of hydrogen-bond acceptors (Lipinski definition) is 8. The summed E-state index contributed by atoms with van der Waals surface area (Å²) >= 11 is 0. The average molecular weight is 621 g/mol. The molecule has 0 radical (unpaired) electrons. The number of aromatic amines is 1. The van der Waals surface area contributed by atoms with Crippen LogP contribution in [0.3, 0.4) is 0 Å². The summed E-state index contributed by atoms with van der Waals surface area (Å²) in [7, 11) is 4.46. The predicted octanol–water partition coefficient (Wildman–Crippen LogP) is 3.57. The summed E-state index contributed by atoms with van der Waals surface area (Å²) in [5.41, 5.74) is 2.90. The number of aliphatic hydroxyl groups is 1. The number of benzene rings is 2. The minimum atomic E-state index is -2.74. The molecular formula is C32H40N6O7. The molecule has 5 N–H and O–H groups in total. The number of fused-ring (bicyclic) bond motifs is 1. The summed E-state index contributed by atoms with van der Waals surface area (Å²) < 4.78 is 1.90. The molecule has 0 atom stereocenters. The van der Waals surface area contributed by atoms with E-state index in [-0.39, 0.29) is 5.54 Å². The fourth-order valence-electron chi connectivity index (χ4n) is 6.35. The number of hydrogen-bond donors (Lipinski definition) is 5. The van der Waals surface area contributed by atoms with Crippen LogP contribution in [-0.4, -0.2) is 88.1 Å². The smallest absolute Gasteiger partial charge is 0.336 e. The van der Waals surface area contributed by atoms with E-state index < -0.39 is 36.4 Å². The van der Waals surface area contributed by atoms with Gasteiger partial charge < -0.3 is 25.4 Å². The average Bonchev–Trinajstić information content (AvgIpc) is 3.58. The van der Waals surface area contributed by atoms with Crippen LogP contribution in [0.4, 0.5) is 0 Å². The number of tetrazole rings is 1. The lowest BCUT2D eigenvalue weighted by molar-refractivity contribution is -0.170. The van der Waals surface area contributed by atoms with Gasteiger partial charge >= 0.3 is 17.9 Å². The molecule has 0 spiro atoms. The van der Waals surface area contributed by atoms with Crippen molar-refractivity contribution in [2.45, 2.75) is 75.5 Å². The van der Waals surface area contributed by atoms with Crippen LogP contribution in [0.1, 0.15) is 67.1 Å². The van der Waals surface area contributed by atoms with E-state index in [1.54, 1.807) is 0 Å². The molecule has 5 rings (SSSR count). The van der Waals surface area contributed by atoms with Crippen LogP contribution in [0.2, 0.25) is 0 Å². The monoisotopic (exact) mass is 620 g/mol. The van der Waals surface area contributed by atoms with Crippen molar-refractivity contribution in [1.82, 2.24) is 30.1 Å². The van der Waals surface area contributed by atoms with Crippen molar-refractivity contribution in [2.24, 2.45) is 0 Å². The van der Waals surface area contributed by atoms with Crippen LogP contribution in [0, 0.1) is 6.92 Å². The minimum Gasteiger partial charge on any atom is -0.481 e. The van der Waals surface area contributed by atoms with Gasteiger partial charge in [0, 0.05) is 28.7 Å². The van der Waals surface area contributed by atoms with E-state index in [1.165, 1.54) is 40.6 Å². The third-order valence-corrected chi connectivity index (χ3v) is 8.80. The molecule has 0 amide bonds. The van der Waals surface area contributed by atoms with Crippen LogP contribution in [0.15, 0.2) is 54.6 Å². The first kappa shape index (κ1) is 33.3. The largest absolute Gasteiger partial charge is 0.481 e. The van der Waals surface area contributed by atoms with Crippen molar-refractivity contribution in [1.29, 1.82) is 0 Å². The topological polar surface area (TPSA) is 195 Å². The van der Waals surface area contributed by atoms with Gasteiger partial charge in [0.2, 0.25) is 0 Å². The van der Waals surface area contributed by atoms with Gasteiger partial charge in [-0.2, -0.15) is 0 Å². The van der Waals surface area contributed by atoms with E-state index in [0.29, 0.717) is 5.92 Å². The number of carbonyl (C=O) groups is 3. The van der Waals surface area contributed by atoms with Gasteiger partial charge in [-0.3, -0.25) is 14.5 Å². The Morgan fingerprint density at radius 3 is 2.11 bits per heavy atom. The van der Waals surface area contributed by atoms with E-state index in [9.17, 15) is 14.4 Å².